The van der Waals surface area contributed by atoms with E-state index < -0.39 is 6.17 Å². The third kappa shape index (κ3) is 0.911. The van der Waals surface area contributed by atoms with E-state index in [4.69, 9.17) is 0 Å². The van der Waals surface area contributed by atoms with Gasteiger partial charge in [-0.15, -0.1) is 0 Å². The normalized spacial score (nSPS) is 42.0. The Morgan fingerprint density at radius 1 is 1.57 bits per heavy atom. The highest BCUT2D eigenvalue weighted by Crippen LogP contribution is 2.09. The molecule has 0 radical (unpaired) electrons. The monoisotopic (exact) mass is 103 g/mol. The quantitative estimate of drug-likeness (QED) is 0.472. The predicted molar refractivity (Wildman–Crippen MR) is 26.9 cm³/mol. The zero-order valence-corrected chi connectivity index (χ0v) is 4.45. The van der Waals surface area contributed by atoms with Crippen LogP contribution in [0.1, 0.15) is 6.92 Å². The second-order valence-corrected chi connectivity index (χ2v) is 2.15. The number of halogens is 1. The van der Waals surface area contributed by atoms with Crippen molar-refractivity contribution in [3.05, 3.63) is 0 Å². The highest BCUT2D eigenvalue weighted by Gasteiger charge is 2.21. The van der Waals surface area contributed by atoms with E-state index >= 15 is 0 Å². The predicted octanol–water partition coefficient (Wildman–Crippen LogP) is 0.564. The molecule has 1 aliphatic rings. The van der Waals surface area contributed by atoms with Gasteiger partial charge < -0.3 is 5.32 Å². The fourth-order valence-electron chi connectivity index (χ4n) is 0.778. The molecule has 0 bridgehead atoms. The van der Waals surface area contributed by atoms with Crippen molar-refractivity contribution in [1.29, 1.82) is 0 Å². The largest absolute Gasteiger partial charge is 0.313 e. The van der Waals surface area contributed by atoms with Gasteiger partial charge >= 0.3 is 0 Å². The van der Waals surface area contributed by atoms with E-state index in [-0.39, 0.29) is 5.92 Å². The van der Waals surface area contributed by atoms with Crippen molar-refractivity contribution in [3.8, 4) is 0 Å². The summed E-state index contributed by atoms with van der Waals surface area (Å²) in [6.07, 6.45) is -0.597. The minimum absolute atomic E-state index is 0.236. The smallest absolute Gasteiger partial charge is 0.116 e. The van der Waals surface area contributed by atoms with Crippen molar-refractivity contribution in [2.75, 3.05) is 13.1 Å². The van der Waals surface area contributed by atoms with Gasteiger partial charge in [-0.3, -0.25) is 0 Å². The Balaban J connectivity index is 2.33. The molecule has 0 unspecified atom stereocenters. The molecule has 1 saturated heterocycles. The first-order valence-corrected chi connectivity index (χ1v) is 2.65. The molecule has 0 aromatic carbocycles. The molecule has 1 fully saturated rings. The van der Waals surface area contributed by atoms with Gasteiger partial charge in [0.05, 0.1) is 0 Å². The lowest BCUT2D eigenvalue weighted by molar-refractivity contribution is 0.298. The minimum Gasteiger partial charge on any atom is -0.313 e. The van der Waals surface area contributed by atoms with E-state index in [1.165, 1.54) is 0 Å². The Labute approximate surface area is 42.9 Å². The highest BCUT2D eigenvalue weighted by atomic mass is 19.1. The molecule has 0 amide bonds. The molecule has 0 aromatic rings. The van der Waals surface area contributed by atoms with Gasteiger partial charge in [-0.2, -0.15) is 0 Å². The molecular formula is C5H10FN. The maximum atomic E-state index is 12.3. The van der Waals surface area contributed by atoms with Crippen LogP contribution in [0, 0.1) is 5.92 Å². The summed E-state index contributed by atoms with van der Waals surface area (Å²) in [6.45, 7) is 3.33. The van der Waals surface area contributed by atoms with Crippen LogP contribution in [0.2, 0.25) is 0 Å². The highest BCUT2D eigenvalue weighted by molar-refractivity contribution is 4.76. The van der Waals surface area contributed by atoms with Gasteiger partial charge in [0.15, 0.2) is 0 Å². The summed E-state index contributed by atoms with van der Waals surface area (Å²) >= 11 is 0. The maximum Gasteiger partial charge on any atom is 0.116 e. The fraction of sp³-hybridized carbons (Fsp3) is 1.00. The van der Waals surface area contributed by atoms with Crippen LogP contribution in [0.25, 0.3) is 0 Å². The topological polar surface area (TPSA) is 12.0 Å². The summed E-state index contributed by atoms with van der Waals surface area (Å²) in [5.41, 5.74) is 0. The van der Waals surface area contributed by atoms with Crippen molar-refractivity contribution < 1.29 is 4.39 Å². The Bertz CT molecular complexity index is 57.1. The lowest BCUT2D eigenvalue weighted by Gasteiger charge is -1.99. The molecule has 0 aliphatic carbocycles. The van der Waals surface area contributed by atoms with Crippen LogP contribution < -0.4 is 5.32 Å². The van der Waals surface area contributed by atoms with Gasteiger partial charge in [0.2, 0.25) is 0 Å². The molecule has 2 atom stereocenters. The van der Waals surface area contributed by atoms with E-state index in [2.05, 4.69) is 5.32 Å². The second kappa shape index (κ2) is 1.78. The lowest BCUT2D eigenvalue weighted by Crippen LogP contribution is -2.08. The average molecular weight is 103 g/mol. The van der Waals surface area contributed by atoms with Crippen molar-refractivity contribution in [2.24, 2.45) is 5.92 Å². The van der Waals surface area contributed by atoms with Gasteiger partial charge in [0.25, 0.3) is 0 Å². The molecule has 1 nitrogen and oxygen atoms in total. The van der Waals surface area contributed by atoms with Crippen molar-refractivity contribution in [1.82, 2.24) is 5.32 Å². The molecule has 1 aliphatic heterocycles. The third-order valence-corrected chi connectivity index (χ3v) is 1.42. The summed E-state index contributed by atoms with van der Waals surface area (Å²) in [4.78, 5) is 0. The first-order chi connectivity index (χ1) is 3.30. The Morgan fingerprint density at radius 3 is 2.43 bits per heavy atom. The van der Waals surface area contributed by atoms with Gasteiger partial charge in [0.1, 0.15) is 6.17 Å². The van der Waals surface area contributed by atoms with E-state index in [0.717, 1.165) is 6.54 Å². The number of hydrogen-bond acceptors (Lipinski definition) is 1. The van der Waals surface area contributed by atoms with Crippen LogP contribution in [0.4, 0.5) is 4.39 Å². The molecular weight excluding hydrogens is 93.1 g/mol. The van der Waals surface area contributed by atoms with Crippen LogP contribution in [-0.4, -0.2) is 19.3 Å². The molecule has 42 valence electrons. The zero-order valence-electron chi connectivity index (χ0n) is 4.45. The summed E-state index contributed by atoms with van der Waals surface area (Å²) in [6, 6.07) is 0. The number of nitrogens with one attached hydrogen (secondary N) is 1. The Kier molecular flexibility index (Phi) is 1.28. The van der Waals surface area contributed by atoms with Gasteiger partial charge in [-0.1, -0.05) is 6.92 Å². The Morgan fingerprint density at radius 2 is 2.29 bits per heavy atom. The fourth-order valence-corrected chi connectivity index (χ4v) is 0.778. The molecule has 0 spiro atoms. The first kappa shape index (κ1) is 5.04. The minimum atomic E-state index is -0.597. The van der Waals surface area contributed by atoms with E-state index in [0.29, 0.717) is 6.54 Å². The molecule has 1 N–H and O–H groups in total. The maximum absolute atomic E-state index is 12.3. The van der Waals surface area contributed by atoms with E-state index in [1.54, 1.807) is 0 Å². The van der Waals surface area contributed by atoms with Gasteiger partial charge in [-0.25, -0.2) is 4.39 Å². The number of rotatable bonds is 0. The van der Waals surface area contributed by atoms with Crippen LogP contribution in [-0.2, 0) is 0 Å². The SMILES string of the molecule is C[C@@H]1CNC[C@@H]1F. The summed E-state index contributed by atoms with van der Waals surface area (Å²) < 4.78 is 12.3. The molecule has 2 heteroatoms. The first-order valence-electron chi connectivity index (χ1n) is 2.65. The molecule has 0 saturated carbocycles. The standard InChI is InChI=1S/C5H10FN/c1-4-2-7-3-5(4)6/h4-5,7H,2-3H2,1H3/t4-,5+/m1/s1. The van der Waals surface area contributed by atoms with Crippen molar-refractivity contribution >= 4 is 0 Å². The zero-order chi connectivity index (χ0) is 5.28. The van der Waals surface area contributed by atoms with Crippen LogP contribution in [0.15, 0.2) is 0 Å². The number of alkyl halides is 1. The van der Waals surface area contributed by atoms with Crippen LogP contribution in [0.5, 0.6) is 0 Å². The van der Waals surface area contributed by atoms with E-state index in [1.807, 2.05) is 6.92 Å². The van der Waals surface area contributed by atoms with Gasteiger partial charge in [-0.05, 0) is 0 Å². The number of hydrogen-bond donors (Lipinski definition) is 1. The molecule has 0 aromatic heterocycles. The average Bonchev–Trinajstić information content (AvgIpc) is 1.91. The Hall–Kier alpha value is -0.110. The third-order valence-electron chi connectivity index (χ3n) is 1.42. The molecule has 1 heterocycles. The van der Waals surface area contributed by atoms with Crippen molar-refractivity contribution in [3.63, 3.8) is 0 Å². The van der Waals surface area contributed by atoms with E-state index in [9.17, 15) is 4.39 Å². The summed E-state index contributed by atoms with van der Waals surface area (Å²) in [5, 5.41) is 2.95. The van der Waals surface area contributed by atoms with Gasteiger partial charge in [0, 0.05) is 19.0 Å². The summed E-state index contributed by atoms with van der Waals surface area (Å²) in [5.74, 6) is 0.236. The lowest BCUT2D eigenvalue weighted by atomic mass is 10.1. The van der Waals surface area contributed by atoms with Crippen LogP contribution in [0.3, 0.4) is 0 Å². The molecule has 1 rings (SSSR count). The molecule has 7 heavy (non-hydrogen) atoms. The van der Waals surface area contributed by atoms with Crippen LogP contribution >= 0.6 is 0 Å². The summed E-state index contributed by atoms with van der Waals surface area (Å²) in [7, 11) is 0. The van der Waals surface area contributed by atoms with Crippen molar-refractivity contribution in [2.45, 2.75) is 13.1 Å². The second-order valence-electron chi connectivity index (χ2n) is 2.15.